The number of hydrazine groups is 1. The number of nitrogens with one attached hydrogen (secondary N) is 3. The average molecular weight is 454 g/mol. The third-order valence-electron chi connectivity index (χ3n) is 5.10. The summed E-state index contributed by atoms with van der Waals surface area (Å²) in [7, 11) is 0. The largest absolute Gasteiger partial charge is 0.396 e. The fraction of sp³-hybridized carbons (Fsp3) is 0.652. The Balaban J connectivity index is 1.95. The van der Waals surface area contributed by atoms with Gasteiger partial charge in [0.1, 0.15) is 0 Å². The van der Waals surface area contributed by atoms with Gasteiger partial charge in [0.05, 0.1) is 12.2 Å². The number of rotatable bonds is 16. The third-order valence-corrected chi connectivity index (χ3v) is 5.31. The van der Waals surface area contributed by atoms with Gasteiger partial charge in [0.15, 0.2) is 5.11 Å². The molecule has 1 amide bonds. The topological polar surface area (TPSA) is 114 Å². The molecule has 0 saturated carbocycles. The number of carbonyl (C=O) groups excluding carboxylic acids is 1. The van der Waals surface area contributed by atoms with E-state index in [1.165, 1.54) is 0 Å². The van der Waals surface area contributed by atoms with Gasteiger partial charge in [0.25, 0.3) is 0 Å². The fourth-order valence-electron chi connectivity index (χ4n) is 3.25. The highest BCUT2D eigenvalue weighted by Crippen LogP contribution is 2.14. The van der Waals surface area contributed by atoms with Crippen LogP contribution in [0.25, 0.3) is 0 Å². The van der Waals surface area contributed by atoms with Gasteiger partial charge in [-0.05, 0) is 50.0 Å². The Morgan fingerprint density at radius 1 is 0.806 bits per heavy atom. The summed E-state index contributed by atoms with van der Waals surface area (Å²) < 4.78 is 0. The maximum atomic E-state index is 11.9. The third kappa shape index (κ3) is 14.8. The van der Waals surface area contributed by atoms with Gasteiger partial charge < -0.3 is 20.6 Å². The van der Waals surface area contributed by atoms with Crippen LogP contribution in [0.2, 0.25) is 0 Å². The summed E-state index contributed by atoms with van der Waals surface area (Å²) in [6.45, 7) is 0.215. The van der Waals surface area contributed by atoms with E-state index in [2.05, 4.69) is 16.2 Å². The van der Waals surface area contributed by atoms with Gasteiger partial charge in [-0.15, -0.1) is 0 Å². The van der Waals surface area contributed by atoms with Crippen LogP contribution < -0.4 is 16.2 Å². The van der Waals surface area contributed by atoms with E-state index in [1.54, 1.807) is 0 Å². The second-order valence-electron chi connectivity index (χ2n) is 7.86. The lowest BCUT2D eigenvalue weighted by Gasteiger charge is -2.17. The van der Waals surface area contributed by atoms with Crippen LogP contribution in [0.15, 0.2) is 30.3 Å². The van der Waals surface area contributed by atoms with Crippen LogP contribution in [-0.2, 0) is 4.79 Å². The molecule has 0 aliphatic rings. The second-order valence-corrected chi connectivity index (χ2v) is 8.27. The molecule has 0 heterocycles. The number of aliphatic hydroxyl groups is 3. The second kappa shape index (κ2) is 17.9. The van der Waals surface area contributed by atoms with E-state index in [-0.39, 0.29) is 12.5 Å². The number of hydrogen-bond donors (Lipinski definition) is 6. The van der Waals surface area contributed by atoms with E-state index in [1.807, 2.05) is 30.3 Å². The zero-order chi connectivity index (χ0) is 22.7. The molecule has 0 aliphatic heterocycles. The molecule has 1 aromatic rings. The Morgan fingerprint density at radius 3 is 1.97 bits per heavy atom. The van der Waals surface area contributed by atoms with Crippen molar-refractivity contribution in [1.82, 2.24) is 10.9 Å². The minimum Gasteiger partial charge on any atom is -0.396 e. The number of carbonyl (C=O) groups is 1. The molecule has 2 unspecified atom stereocenters. The van der Waals surface area contributed by atoms with Gasteiger partial charge in [0, 0.05) is 18.7 Å². The van der Waals surface area contributed by atoms with Crippen LogP contribution in [0, 0.1) is 0 Å². The predicted molar refractivity (Wildman–Crippen MR) is 128 cm³/mol. The highest BCUT2D eigenvalue weighted by molar-refractivity contribution is 7.80. The zero-order valence-electron chi connectivity index (χ0n) is 18.4. The van der Waals surface area contributed by atoms with Crippen molar-refractivity contribution >= 4 is 28.9 Å². The van der Waals surface area contributed by atoms with Crippen LogP contribution in [0.4, 0.5) is 5.69 Å². The fourth-order valence-corrected chi connectivity index (χ4v) is 3.41. The molecule has 0 spiro atoms. The van der Waals surface area contributed by atoms with Crippen LogP contribution in [0.5, 0.6) is 0 Å². The summed E-state index contributed by atoms with van der Waals surface area (Å²) in [5.41, 5.74) is 6.14. The number of hydrogen-bond acceptors (Lipinski definition) is 5. The van der Waals surface area contributed by atoms with Crippen molar-refractivity contribution in [2.75, 3.05) is 11.9 Å². The summed E-state index contributed by atoms with van der Waals surface area (Å²) in [4.78, 5) is 11.9. The van der Waals surface area contributed by atoms with Crippen molar-refractivity contribution in [2.24, 2.45) is 0 Å². The van der Waals surface area contributed by atoms with Crippen molar-refractivity contribution in [3.63, 3.8) is 0 Å². The first-order valence-electron chi connectivity index (χ1n) is 11.4. The molecular weight excluding hydrogens is 414 g/mol. The molecule has 31 heavy (non-hydrogen) atoms. The average Bonchev–Trinajstić information content (AvgIpc) is 2.77. The quantitative estimate of drug-likeness (QED) is 0.129. The standard InChI is InChI=1S/C23H39N3O4S/c27-18-12-5-4-10-16-21(29)20(28)15-9-2-1-3-11-17-22(30)25-26-23(31)24-19-13-7-6-8-14-19/h6-8,13-14,20-21,27-29H,1-5,9-12,15-18H2,(H,25,30)(H2,24,26,31). The smallest absolute Gasteiger partial charge is 0.238 e. The summed E-state index contributed by atoms with van der Waals surface area (Å²) in [6, 6.07) is 9.48. The van der Waals surface area contributed by atoms with Gasteiger partial charge in [-0.25, -0.2) is 0 Å². The van der Waals surface area contributed by atoms with E-state index in [0.717, 1.165) is 63.5 Å². The Labute approximate surface area is 191 Å². The maximum Gasteiger partial charge on any atom is 0.238 e. The normalized spacial score (nSPS) is 12.7. The SMILES string of the molecule is O=C(CCCCCCCC(O)C(O)CCCCCCO)NNC(=S)Nc1ccccc1. The minimum absolute atomic E-state index is 0.102. The lowest BCUT2D eigenvalue weighted by molar-refractivity contribution is -0.121. The number of amides is 1. The molecule has 6 N–H and O–H groups in total. The Morgan fingerprint density at radius 2 is 1.35 bits per heavy atom. The van der Waals surface area contributed by atoms with Crippen LogP contribution >= 0.6 is 12.2 Å². The highest BCUT2D eigenvalue weighted by Gasteiger charge is 2.15. The molecule has 1 aromatic carbocycles. The predicted octanol–water partition coefficient (Wildman–Crippen LogP) is 3.40. The number of benzene rings is 1. The number of unbranched alkanes of at least 4 members (excludes halogenated alkanes) is 7. The van der Waals surface area contributed by atoms with Gasteiger partial charge in [-0.1, -0.05) is 63.1 Å². The Kier molecular flexibility index (Phi) is 15.8. The van der Waals surface area contributed by atoms with E-state index in [4.69, 9.17) is 17.3 Å². The molecule has 2 atom stereocenters. The Bertz CT molecular complexity index is 604. The van der Waals surface area contributed by atoms with E-state index in [0.29, 0.717) is 24.4 Å². The van der Waals surface area contributed by atoms with Crippen LogP contribution in [0.3, 0.4) is 0 Å². The maximum absolute atomic E-state index is 11.9. The molecule has 7 nitrogen and oxygen atoms in total. The van der Waals surface area contributed by atoms with E-state index < -0.39 is 12.2 Å². The summed E-state index contributed by atoms with van der Waals surface area (Å²) in [6.07, 6.45) is 8.53. The molecule has 0 fully saturated rings. The number of aliphatic hydroxyl groups excluding tert-OH is 3. The molecule has 8 heteroatoms. The molecule has 176 valence electrons. The highest BCUT2D eigenvalue weighted by atomic mass is 32.1. The molecule has 0 aliphatic carbocycles. The first-order chi connectivity index (χ1) is 15.0. The molecular formula is C23H39N3O4S. The molecule has 0 radical (unpaired) electrons. The van der Waals surface area contributed by atoms with Crippen LogP contribution in [-0.4, -0.2) is 45.2 Å². The monoisotopic (exact) mass is 453 g/mol. The first kappa shape index (κ1) is 27.3. The van der Waals surface area contributed by atoms with E-state index in [9.17, 15) is 15.0 Å². The van der Waals surface area contributed by atoms with Crippen molar-refractivity contribution in [1.29, 1.82) is 0 Å². The summed E-state index contributed by atoms with van der Waals surface area (Å²) in [5, 5.41) is 32.1. The molecule has 0 aromatic heterocycles. The minimum atomic E-state index is -0.664. The zero-order valence-corrected chi connectivity index (χ0v) is 19.2. The van der Waals surface area contributed by atoms with Gasteiger partial charge >= 0.3 is 0 Å². The van der Waals surface area contributed by atoms with Crippen molar-refractivity contribution in [3.8, 4) is 0 Å². The number of thiocarbonyl (C=S) groups is 1. The Hall–Kier alpha value is -1.74. The lowest BCUT2D eigenvalue weighted by atomic mass is 10.00. The molecule has 0 saturated heterocycles. The lowest BCUT2D eigenvalue weighted by Crippen LogP contribution is -2.43. The van der Waals surface area contributed by atoms with Gasteiger partial charge in [-0.2, -0.15) is 0 Å². The van der Waals surface area contributed by atoms with Crippen molar-refractivity contribution in [3.05, 3.63) is 30.3 Å². The van der Waals surface area contributed by atoms with Gasteiger partial charge in [0.2, 0.25) is 5.91 Å². The first-order valence-corrected chi connectivity index (χ1v) is 11.8. The summed E-state index contributed by atoms with van der Waals surface area (Å²) in [5.74, 6) is -0.102. The van der Waals surface area contributed by atoms with Crippen LogP contribution in [0.1, 0.15) is 77.0 Å². The molecule has 1 rings (SSSR count). The summed E-state index contributed by atoms with van der Waals surface area (Å²) >= 11 is 5.13. The van der Waals surface area contributed by atoms with Crippen molar-refractivity contribution < 1.29 is 20.1 Å². The molecule has 0 bridgehead atoms. The number of para-hydroxylation sites is 1. The van der Waals surface area contributed by atoms with Crippen molar-refractivity contribution in [2.45, 2.75) is 89.3 Å². The number of anilines is 1. The van der Waals surface area contributed by atoms with E-state index >= 15 is 0 Å². The van der Waals surface area contributed by atoms with Gasteiger partial charge in [-0.3, -0.25) is 15.6 Å².